The summed E-state index contributed by atoms with van der Waals surface area (Å²) >= 11 is 0. The molecule has 0 spiro atoms. The molecule has 78 valence electrons. The van der Waals surface area contributed by atoms with Gasteiger partial charge in [0.15, 0.2) is 0 Å². The Bertz CT molecular complexity index is 301. The molecule has 2 rings (SSSR count). The summed E-state index contributed by atoms with van der Waals surface area (Å²) in [5, 5.41) is 20.3. The lowest BCUT2D eigenvalue weighted by Gasteiger charge is -2.13. The molecule has 0 amide bonds. The fourth-order valence-electron chi connectivity index (χ4n) is 1.43. The molecule has 6 nitrogen and oxygen atoms in total. The summed E-state index contributed by atoms with van der Waals surface area (Å²) in [6.45, 7) is 1.57. The van der Waals surface area contributed by atoms with Gasteiger partial charge in [0, 0.05) is 7.05 Å². The lowest BCUT2D eigenvalue weighted by atomic mass is 10.2. The minimum absolute atomic E-state index is 0.00620. The SMILES string of the molecule is Cn1cnnc1CN[C@@H]1COC[C@H]1O. The second-order valence-corrected chi connectivity index (χ2v) is 3.45. The summed E-state index contributed by atoms with van der Waals surface area (Å²) in [4.78, 5) is 0. The first kappa shape index (κ1) is 9.57. The number of aliphatic hydroxyl groups is 1. The van der Waals surface area contributed by atoms with E-state index in [9.17, 15) is 5.11 Å². The molecule has 2 atom stereocenters. The van der Waals surface area contributed by atoms with E-state index in [1.54, 1.807) is 6.33 Å². The largest absolute Gasteiger partial charge is 0.389 e. The van der Waals surface area contributed by atoms with E-state index in [1.165, 1.54) is 0 Å². The molecule has 1 aliphatic rings. The quantitative estimate of drug-likeness (QED) is 0.629. The highest BCUT2D eigenvalue weighted by Crippen LogP contribution is 2.05. The maximum Gasteiger partial charge on any atom is 0.146 e. The molecular weight excluding hydrogens is 184 g/mol. The highest BCUT2D eigenvalue weighted by atomic mass is 16.5. The topological polar surface area (TPSA) is 72.2 Å². The van der Waals surface area contributed by atoms with E-state index in [-0.39, 0.29) is 6.04 Å². The van der Waals surface area contributed by atoms with E-state index in [2.05, 4.69) is 15.5 Å². The van der Waals surface area contributed by atoms with Crippen LogP contribution in [0.2, 0.25) is 0 Å². The van der Waals surface area contributed by atoms with Gasteiger partial charge >= 0.3 is 0 Å². The van der Waals surface area contributed by atoms with Gasteiger partial charge in [0.25, 0.3) is 0 Å². The zero-order chi connectivity index (χ0) is 9.97. The van der Waals surface area contributed by atoms with E-state index in [0.717, 1.165) is 5.82 Å². The predicted octanol–water partition coefficient (Wildman–Crippen LogP) is -1.34. The average Bonchev–Trinajstić information content (AvgIpc) is 2.72. The lowest BCUT2D eigenvalue weighted by Crippen LogP contribution is -2.38. The molecule has 1 fully saturated rings. The van der Waals surface area contributed by atoms with Crippen molar-refractivity contribution in [2.45, 2.75) is 18.7 Å². The number of rotatable bonds is 3. The third kappa shape index (κ3) is 1.92. The van der Waals surface area contributed by atoms with Crippen molar-refractivity contribution in [3.8, 4) is 0 Å². The number of hydrogen-bond donors (Lipinski definition) is 2. The van der Waals surface area contributed by atoms with Gasteiger partial charge in [-0.3, -0.25) is 0 Å². The first-order valence-electron chi connectivity index (χ1n) is 4.59. The summed E-state index contributed by atoms with van der Waals surface area (Å²) in [6, 6.07) is 0.00620. The fourth-order valence-corrected chi connectivity index (χ4v) is 1.43. The number of nitrogens with one attached hydrogen (secondary N) is 1. The van der Waals surface area contributed by atoms with Crippen molar-refractivity contribution in [3.05, 3.63) is 12.2 Å². The molecule has 0 bridgehead atoms. The molecule has 2 N–H and O–H groups in total. The van der Waals surface area contributed by atoms with Crippen LogP contribution in [0.4, 0.5) is 0 Å². The Morgan fingerprint density at radius 2 is 2.57 bits per heavy atom. The number of ether oxygens (including phenoxy) is 1. The lowest BCUT2D eigenvalue weighted by molar-refractivity contribution is 0.122. The van der Waals surface area contributed by atoms with Crippen LogP contribution in [0.1, 0.15) is 5.82 Å². The monoisotopic (exact) mass is 198 g/mol. The summed E-state index contributed by atoms with van der Waals surface area (Å²) in [5.41, 5.74) is 0. The number of nitrogens with zero attached hydrogens (tertiary/aromatic N) is 3. The van der Waals surface area contributed by atoms with Gasteiger partial charge in [0.1, 0.15) is 12.2 Å². The van der Waals surface area contributed by atoms with Crippen LogP contribution in [0.15, 0.2) is 6.33 Å². The van der Waals surface area contributed by atoms with Crippen LogP contribution in [-0.4, -0.2) is 45.2 Å². The highest BCUT2D eigenvalue weighted by Gasteiger charge is 2.25. The molecule has 0 radical (unpaired) electrons. The normalized spacial score (nSPS) is 27.0. The van der Waals surface area contributed by atoms with Crippen molar-refractivity contribution in [3.63, 3.8) is 0 Å². The van der Waals surface area contributed by atoms with Gasteiger partial charge in [-0.15, -0.1) is 10.2 Å². The van der Waals surface area contributed by atoms with Crippen molar-refractivity contribution in [1.29, 1.82) is 0 Å². The van der Waals surface area contributed by atoms with Gasteiger partial charge in [0.05, 0.1) is 31.9 Å². The number of aryl methyl sites for hydroxylation is 1. The Kier molecular flexibility index (Phi) is 2.76. The Hall–Kier alpha value is -0.980. The van der Waals surface area contributed by atoms with E-state index in [1.807, 2.05) is 11.6 Å². The van der Waals surface area contributed by atoms with Crippen molar-refractivity contribution >= 4 is 0 Å². The Labute approximate surface area is 81.9 Å². The zero-order valence-electron chi connectivity index (χ0n) is 8.05. The van der Waals surface area contributed by atoms with E-state index in [4.69, 9.17) is 4.74 Å². The first-order chi connectivity index (χ1) is 6.77. The molecule has 2 heterocycles. The zero-order valence-corrected chi connectivity index (χ0v) is 8.05. The van der Waals surface area contributed by atoms with Gasteiger partial charge < -0.3 is 19.7 Å². The number of hydrogen-bond acceptors (Lipinski definition) is 5. The van der Waals surface area contributed by atoms with Crippen molar-refractivity contribution in [2.24, 2.45) is 7.05 Å². The number of aromatic nitrogens is 3. The third-order valence-electron chi connectivity index (χ3n) is 2.38. The van der Waals surface area contributed by atoms with Crippen molar-refractivity contribution in [2.75, 3.05) is 13.2 Å². The fraction of sp³-hybridized carbons (Fsp3) is 0.750. The molecule has 1 aromatic heterocycles. The van der Waals surface area contributed by atoms with Crippen LogP contribution in [0.5, 0.6) is 0 Å². The van der Waals surface area contributed by atoms with E-state index >= 15 is 0 Å². The molecule has 1 aliphatic heterocycles. The van der Waals surface area contributed by atoms with Crippen LogP contribution in [0, 0.1) is 0 Å². The first-order valence-corrected chi connectivity index (χ1v) is 4.59. The van der Waals surface area contributed by atoms with Crippen molar-refractivity contribution in [1.82, 2.24) is 20.1 Å². The van der Waals surface area contributed by atoms with Crippen LogP contribution in [-0.2, 0) is 18.3 Å². The minimum Gasteiger partial charge on any atom is -0.389 e. The van der Waals surface area contributed by atoms with E-state index in [0.29, 0.717) is 19.8 Å². The second-order valence-electron chi connectivity index (χ2n) is 3.45. The standard InChI is InChI=1S/C8H14N4O2/c1-12-5-10-11-8(12)2-9-6-3-14-4-7(6)13/h5-7,9,13H,2-4H2,1H3/t6-,7-/m1/s1. The highest BCUT2D eigenvalue weighted by molar-refractivity contribution is 4.87. The molecule has 1 aromatic rings. The van der Waals surface area contributed by atoms with Crippen LogP contribution >= 0.6 is 0 Å². The molecular formula is C8H14N4O2. The summed E-state index contributed by atoms with van der Waals surface area (Å²) in [6.07, 6.45) is 1.24. The van der Waals surface area contributed by atoms with Gasteiger partial charge in [-0.1, -0.05) is 0 Å². The Balaban J connectivity index is 1.85. The molecule has 14 heavy (non-hydrogen) atoms. The maximum atomic E-state index is 9.46. The van der Waals surface area contributed by atoms with Crippen LogP contribution < -0.4 is 5.32 Å². The van der Waals surface area contributed by atoms with Gasteiger partial charge in [0.2, 0.25) is 0 Å². The molecule has 0 aliphatic carbocycles. The van der Waals surface area contributed by atoms with Gasteiger partial charge in [-0.05, 0) is 0 Å². The van der Waals surface area contributed by atoms with Crippen LogP contribution in [0.25, 0.3) is 0 Å². The van der Waals surface area contributed by atoms with Gasteiger partial charge in [-0.2, -0.15) is 0 Å². The Morgan fingerprint density at radius 1 is 1.71 bits per heavy atom. The molecule has 0 unspecified atom stereocenters. The van der Waals surface area contributed by atoms with Crippen molar-refractivity contribution < 1.29 is 9.84 Å². The summed E-state index contributed by atoms with van der Waals surface area (Å²) in [5.74, 6) is 0.851. The second kappa shape index (κ2) is 4.04. The minimum atomic E-state index is -0.414. The third-order valence-corrected chi connectivity index (χ3v) is 2.38. The molecule has 6 heteroatoms. The smallest absolute Gasteiger partial charge is 0.146 e. The Morgan fingerprint density at radius 3 is 3.14 bits per heavy atom. The molecule has 1 saturated heterocycles. The summed E-state index contributed by atoms with van der Waals surface area (Å²) < 4.78 is 6.96. The van der Waals surface area contributed by atoms with E-state index < -0.39 is 6.10 Å². The maximum absolute atomic E-state index is 9.46. The molecule has 0 aromatic carbocycles. The average molecular weight is 198 g/mol. The predicted molar refractivity (Wildman–Crippen MR) is 48.5 cm³/mol. The van der Waals surface area contributed by atoms with Gasteiger partial charge in [-0.25, -0.2) is 0 Å². The number of aliphatic hydroxyl groups excluding tert-OH is 1. The molecule has 0 saturated carbocycles. The summed E-state index contributed by atoms with van der Waals surface area (Å²) in [7, 11) is 1.89. The van der Waals surface area contributed by atoms with Crippen LogP contribution in [0.3, 0.4) is 0 Å².